The summed E-state index contributed by atoms with van der Waals surface area (Å²) in [6.45, 7) is 0.769. The van der Waals surface area contributed by atoms with Crippen molar-refractivity contribution in [1.29, 1.82) is 0 Å². The van der Waals surface area contributed by atoms with Gasteiger partial charge in [0.25, 0.3) is 0 Å². The summed E-state index contributed by atoms with van der Waals surface area (Å²) < 4.78 is 45.7. The molecule has 2 rings (SSSR count). The minimum absolute atomic E-state index is 0.0168. The highest BCUT2D eigenvalue weighted by Gasteiger charge is 2.58. The van der Waals surface area contributed by atoms with Crippen molar-refractivity contribution >= 4 is 0 Å². The highest BCUT2D eigenvalue weighted by molar-refractivity contribution is 5.26. The predicted molar refractivity (Wildman–Crippen MR) is 68.3 cm³/mol. The molecule has 0 atom stereocenters. The molecule has 4 nitrogen and oxygen atoms in total. The van der Waals surface area contributed by atoms with E-state index in [1.54, 1.807) is 19.2 Å². The van der Waals surface area contributed by atoms with E-state index < -0.39 is 11.8 Å². The molecule has 1 aliphatic heterocycles. The number of hydrogen-bond donors (Lipinski definition) is 1. The molecule has 2 heterocycles. The molecule has 1 aromatic rings. The number of ether oxygens (including phenoxy) is 1. The van der Waals surface area contributed by atoms with Crippen molar-refractivity contribution in [2.24, 2.45) is 5.73 Å². The third-order valence-electron chi connectivity index (χ3n) is 3.67. The van der Waals surface area contributed by atoms with E-state index in [-0.39, 0.29) is 25.3 Å². The van der Waals surface area contributed by atoms with E-state index in [1.165, 1.54) is 6.20 Å². The smallest absolute Gasteiger partial charge is 0.428 e. The fourth-order valence-electron chi connectivity index (χ4n) is 2.28. The van der Waals surface area contributed by atoms with Gasteiger partial charge in [-0.15, -0.1) is 0 Å². The third-order valence-corrected chi connectivity index (χ3v) is 3.67. The Bertz CT molecular complexity index is 456. The van der Waals surface area contributed by atoms with E-state index in [2.05, 4.69) is 4.98 Å². The lowest BCUT2D eigenvalue weighted by Gasteiger charge is -2.41. The molecule has 1 saturated heterocycles. The second-order valence-electron chi connectivity index (χ2n) is 5.07. The first-order chi connectivity index (χ1) is 9.38. The van der Waals surface area contributed by atoms with Crippen molar-refractivity contribution in [3.8, 4) is 5.88 Å². The summed E-state index contributed by atoms with van der Waals surface area (Å²) in [5.74, 6) is -0.0168. The van der Waals surface area contributed by atoms with Gasteiger partial charge < -0.3 is 15.4 Å². The third kappa shape index (κ3) is 2.88. The molecule has 0 aliphatic carbocycles. The maximum absolute atomic E-state index is 13.4. The molecule has 1 aromatic heterocycles. The van der Waals surface area contributed by atoms with Crippen LogP contribution in [0.3, 0.4) is 0 Å². The highest BCUT2D eigenvalue weighted by Crippen LogP contribution is 2.42. The van der Waals surface area contributed by atoms with Crippen LogP contribution in [0, 0.1) is 0 Å². The molecule has 0 saturated carbocycles. The van der Waals surface area contributed by atoms with Crippen LogP contribution in [0.25, 0.3) is 0 Å². The van der Waals surface area contributed by atoms with Gasteiger partial charge in [-0.3, -0.25) is 0 Å². The molecular formula is C13H18F3N3O. The molecule has 0 bridgehead atoms. The number of aromatic nitrogens is 1. The van der Waals surface area contributed by atoms with Gasteiger partial charge in [-0.1, -0.05) is 6.07 Å². The predicted octanol–water partition coefficient (Wildman–Crippen LogP) is 1.95. The molecule has 1 aliphatic rings. The molecule has 20 heavy (non-hydrogen) atoms. The van der Waals surface area contributed by atoms with Crippen LogP contribution in [0.1, 0.15) is 18.4 Å². The minimum Gasteiger partial charge on any atom is -0.461 e. The van der Waals surface area contributed by atoms with Crippen LogP contribution in [0.5, 0.6) is 5.88 Å². The molecule has 7 heteroatoms. The van der Waals surface area contributed by atoms with Crippen LogP contribution in [-0.2, 0) is 6.54 Å². The standard InChI is InChI=1S/C13H18F3N3O/c1-19-7-4-12(5-8-19,13(14,15)16)20-11-10(9-17)3-2-6-18-11/h2-3,6H,4-5,7-9,17H2,1H3. The van der Waals surface area contributed by atoms with Crippen molar-refractivity contribution in [3.63, 3.8) is 0 Å². The number of halogens is 3. The fourth-order valence-corrected chi connectivity index (χ4v) is 2.28. The maximum atomic E-state index is 13.4. The van der Waals surface area contributed by atoms with E-state index >= 15 is 0 Å². The number of piperidine rings is 1. The summed E-state index contributed by atoms with van der Waals surface area (Å²) in [7, 11) is 1.80. The van der Waals surface area contributed by atoms with Crippen molar-refractivity contribution in [1.82, 2.24) is 9.88 Å². The van der Waals surface area contributed by atoms with Gasteiger partial charge in [-0.05, 0) is 13.1 Å². The Balaban J connectivity index is 2.29. The van der Waals surface area contributed by atoms with E-state index in [0.717, 1.165) is 0 Å². The van der Waals surface area contributed by atoms with Gasteiger partial charge in [0, 0.05) is 44.2 Å². The van der Waals surface area contributed by atoms with Gasteiger partial charge in [0.15, 0.2) is 0 Å². The first kappa shape index (κ1) is 15.1. The van der Waals surface area contributed by atoms with Crippen molar-refractivity contribution in [2.45, 2.75) is 31.2 Å². The average molecular weight is 289 g/mol. The molecule has 0 unspecified atom stereocenters. The topological polar surface area (TPSA) is 51.4 Å². The lowest BCUT2D eigenvalue weighted by molar-refractivity contribution is -0.261. The fraction of sp³-hybridized carbons (Fsp3) is 0.615. The SMILES string of the molecule is CN1CCC(Oc2ncccc2CN)(C(F)(F)F)CC1. The normalized spacial score (nSPS) is 19.9. The molecule has 0 amide bonds. The molecule has 1 fully saturated rings. The zero-order chi connectivity index (χ0) is 14.8. The minimum atomic E-state index is -4.43. The largest absolute Gasteiger partial charge is 0.461 e. The number of hydrogen-bond acceptors (Lipinski definition) is 4. The van der Waals surface area contributed by atoms with Crippen LogP contribution >= 0.6 is 0 Å². The van der Waals surface area contributed by atoms with Gasteiger partial charge in [0.1, 0.15) is 0 Å². The monoisotopic (exact) mass is 289 g/mol. The number of alkyl halides is 3. The second kappa shape index (κ2) is 5.57. The van der Waals surface area contributed by atoms with Crippen molar-refractivity contribution in [2.75, 3.05) is 20.1 Å². The van der Waals surface area contributed by atoms with Gasteiger partial charge in [0.2, 0.25) is 11.5 Å². The van der Waals surface area contributed by atoms with Gasteiger partial charge >= 0.3 is 6.18 Å². The number of pyridine rings is 1. The maximum Gasteiger partial charge on any atom is 0.428 e. The molecule has 0 aromatic carbocycles. The van der Waals surface area contributed by atoms with Crippen LogP contribution in [0.2, 0.25) is 0 Å². The molecular weight excluding hydrogens is 271 g/mol. The summed E-state index contributed by atoms with van der Waals surface area (Å²) >= 11 is 0. The Hall–Kier alpha value is -1.34. The highest BCUT2D eigenvalue weighted by atomic mass is 19.4. The van der Waals surface area contributed by atoms with Crippen LogP contribution in [0.4, 0.5) is 13.2 Å². The Morgan fingerprint density at radius 2 is 2.05 bits per heavy atom. The number of nitrogens with two attached hydrogens (primary N) is 1. The average Bonchev–Trinajstić information content (AvgIpc) is 2.41. The van der Waals surface area contributed by atoms with E-state index in [9.17, 15) is 13.2 Å². The summed E-state index contributed by atoms with van der Waals surface area (Å²) in [4.78, 5) is 5.76. The number of likely N-dealkylation sites (tertiary alicyclic amines) is 1. The lowest BCUT2D eigenvalue weighted by Crippen LogP contribution is -2.56. The molecule has 112 valence electrons. The van der Waals surface area contributed by atoms with Crippen molar-refractivity contribution < 1.29 is 17.9 Å². The first-order valence-corrected chi connectivity index (χ1v) is 6.46. The summed E-state index contributed by atoms with van der Waals surface area (Å²) in [6, 6.07) is 3.26. The Kier molecular flexibility index (Phi) is 4.19. The molecule has 0 spiro atoms. The summed E-state index contributed by atoms with van der Waals surface area (Å²) in [5, 5.41) is 0. The Morgan fingerprint density at radius 3 is 2.60 bits per heavy atom. The van der Waals surface area contributed by atoms with Crippen LogP contribution < -0.4 is 10.5 Å². The lowest BCUT2D eigenvalue weighted by atomic mass is 9.90. The van der Waals surface area contributed by atoms with E-state index in [4.69, 9.17) is 10.5 Å². The Labute approximate surface area is 115 Å². The summed E-state index contributed by atoms with van der Waals surface area (Å²) in [6.07, 6.45) is -3.23. The number of rotatable bonds is 3. The number of nitrogens with zero attached hydrogens (tertiary/aromatic N) is 2. The summed E-state index contributed by atoms with van der Waals surface area (Å²) in [5.41, 5.74) is 3.83. The zero-order valence-electron chi connectivity index (χ0n) is 11.3. The Morgan fingerprint density at radius 1 is 1.40 bits per heavy atom. The van der Waals surface area contributed by atoms with Gasteiger partial charge in [-0.2, -0.15) is 13.2 Å². The van der Waals surface area contributed by atoms with Crippen molar-refractivity contribution in [3.05, 3.63) is 23.9 Å². The second-order valence-corrected chi connectivity index (χ2v) is 5.07. The molecule has 2 N–H and O–H groups in total. The van der Waals surface area contributed by atoms with Gasteiger partial charge in [-0.25, -0.2) is 4.98 Å². The van der Waals surface area contributed by atoms with Gasteiger partial charge in [0.05, 0.1) is 0 Å². The molecule has 0 radical (unpaired) electrons. The van der Waals surface area contributed by atoms with E-state index in [0.29, 0.717) is 18.7 Å². The van der Waals surface area contributed by atoms with Crippen LogP contribution in [-0.4, -0.2) is 41.8 Å². The quantitative estimate of drug-likeness (QED) is 0.924. The first-order valence-electron chi connectivity index (χ1n) is 6.46. The zero-order valence-corrected chi connectivity index (χ0v) is 11.3. The van der Waals surface area contributed by atoms with Crippen LogP contribution in [0.15, 0.2) is 18.3 Å². The van der Waals surface area contributed by atoms with E-state index in [1.807, 2.05) is 4.90 Å².